The number of nitrogens with zero attached hydrogens (tertiary/aromatic N) is 8. The van der Waals surface area contributed by atoms with Gasteiger partial charge in [0, 0.05) is 38.3 Å². The van der Waals surface area contributed by atoms with Crippen molar-refractivity contribution < 1.29 is 104 Å². The quantitative estimate of drug-likeness (QED) is 0.0231. The Morgan fingerprint density at radius 1 is 0.831 bits per heavy atom. The molecule has 3 aliphatic rings. The number of aryl methyl sites for hydroxylation is 1. The first-order chi connectivity index (χ1) is 36.1. The number of nitrogen functional groups attached to an aromatic ring is 2. The number of fused-ring (bicyclic) bond motifs is 2. The summed E-state index contributed by atoms with van der Waals surface area (Å²) in [7, 11) is -21.3. The van der Waals surface area contributed by atoms with E-state index >= 15 is 0 Å². The summed E-state index contributed by atoms with van der Waals surface area (Å²) in [4.78, 5) is 116. The van der Waals surface area contributed by atoms with Gasteiger partial charge >= 0.3 is 34.7 Å². The summed E-state index contributed by atoms with van der Waals surface area (Å²) in [5.74, 6) is -2.27. The minimum absolute atomic E-state index is 0.0115. The Hall–Kier alpha value is -5.07. The van der Waals surface area contributed by atoms with Gasteiger partial charge in [-0.1, -0.05) is 6.92 Å². The van der Waals surface area contributed by atoms with Crippen molar-refractivity contribution >= 4 is 71.1 Å². The highest BCUT2D eigenvalue weighted by Gasteiger charge is 2.55. The minimum atomic E-state index is -6.26. The van der Waals surface area contributed by atoms with Crippen LogP contribution in [0.5, 0.6) is 0 Å². The molecule has 0 bridgehead atoms. The number of hydrogen-bond acceptors (Lipinski definition) is 27. The lowest BCUT2D eigenvalue weighted by molar-refractivity contribution is -0.646. The van der Waals surface area contributed by atoms with Gasteiger partial charge in [0.2, 0.25) is 24.4 Å². The molecule has 0 spiro atoms. The second-order valence-electron chi connectivity index (χ2n) is 17.4. The first-order valence-corrected chi connectivity index (χ1v) is 28.7. The van der Waals surface area contributed by atoms with Crippen molar-refractivity contribution in [2.75, 3.05) is 44.9 Å². The van der Waals surface area contributed by atoms with Crippen LogP contribution in [-0.4, -0.2) is 161 Å². The van der Waals surface area contributed by atoms with Crippen LogP contribution >= 0.6 is 31.1 Å². The maximum Gasteiger partial charge on any atom is 0.490 e. The van der Waals surface area contributed by atoms with E-state index in [0.29, 0.717) is 11.0 Å². The number of aromatic nitrogens is 10. The number of aliphatic hydroxyl groups excluding tert-OH is 3. The van der Waals surface area contributed by atoms with E-state index < -0.39 is 153 Å². The number of amides is 1. The fraction of sp³-hybridized carbons (Fsp3) is 0.583. The average Bonchev–Trinajstić information content (AvgIpc) is 4.18. The molecule has 41 heteroatoms. The zero-order valence-electron chi connectivity index (χ0n) is 40.1. The minimum Gasteiger partial charge on any atom is -0.778 e. The van der Waals surface area contributed by atoms with E-state index in [2.05, 4.69) is 38.9 Å². The predicted octanol–water partition coefficient (Wildman–Crippen LogP) is -4.27. The molecular weight excluding hydrogens is 1120 g/mol. The fourth-order valence-electron chi connectivity index (χ4n) is 8.86. The van der Waals surface area contributed by atoms with Crippen molar-refractivity contribution in [2.24, 2.45) is 13.0 Å². The molecular formula is C36H51N13O24P4. The highest BCUT2D eigenvalue weighted by atomic mass is 31.3. The van der Waals surface area contributed by atoms with Crippen molar-refractivity contribution in [2.45, 2.75) is 86.8 Å². The predicted molar refractivity (Wildman–Crippen MR) is 250 cm³/mol. The molecule has 424 valence electrons. The third-order valence-corrected chi connectivity index (χ3v) is 18.4. The number of imidazole rings is 2. The van der Waals surface area contributed by atoms with Gasteiger partial charge in [-0.3, -0.25) is 42.5 Å². The lowest BCUT2D eigenvalue weighted by Gasteiger charge is -2.35. The molecule has 5 aromatic rings. The van der Waals surface area contributed by atoms with Gasteiger partial charge in [0.15, 0.2) is 23.9 Å². The van der Waals surface area contributed by atoms with Gasteiger partial charge in [0.1, 0.15) is 50.0 Å². The summed E-state index contributed by atoms with van der Waals surface area (Å²) in [6.45, 7) is -1.49. The summed E-state index contributed by atoms with van der Waals surface area (Å²) in [6, 6.07) is 0.913. The monoisotopic (exact) mass is 1170 g/mol. The van der Waals surface area contributed by atoms with E-state index in [9.17, 15) is 72.3 Å². The van der Waals surface area contributed by atoms with Gasteiger partial charge in [0.05, 0.1) is 51.1 Å². The maximum atomic E-state index is 14.2. The number of anilines is 2. The summed E-state index contributed by atoms with van der Waals surface area (Å²) in [5, 5.41) is 35.6. The van der Waals surface area contributed by atoms with Crippen LogP contribution in [0.1, 0.15) is 38.4 Å². The standard InChI is InChI=1S/C36H51N13O24P4/c1-4-6-39-20(51)8-15-16(69-32(23(15)52)49-14-46(2)22-30(49)44-35(38)45-31(22)55)9-67-75(59,60)72-77(63,64)73-76(61,62)68-11-18-27(26(65-3)34(71-18)48-13-42-21-28(37)40-12-41-29(21)48)74(57,58)66-10-17-24(53)25(54)33(70-17)47-7-5-19(50)43-36(47)56/h5,7,12-18,23-27,32-34,52-54H,4,6,8-11H2,1-3H3,(H10-,37,38,39,40,41,43,44,45,50,51,55,56,57,58,59,60,61,62,63,64)/t15-,16-,17-,18-,23-,24-,25-,26-,27-,32-,33-,34-/m1/s1. The lowest BCUT2D eigenvalue weighted by Crippen LogP contribution is -2.40. The van der Waals surface area contributed by atoms with Crippen molar-refractivity contribution in [3.63, 3.8) is 0 Å². The second kappa shape index (κ2) is 22.6. The molecule has 77 heavy (non-hydrogen) atoms. The SMILES string of the molecule is CCCNC(=O)C[C@H]1[C@@H](O)[C@H](n2c[n+](C)c3c(=O)[nH]c(N)nc32)O[C@@H]1COP(=O)(O)OP(=O)(O)OP(=O)(O)OC[C@H]1O[C@@H](n2cnc3c(N)ncnc32)[C@H](OC)[C@@H]1P(=O)([O-])OC[C@H]1O[C@@H](n2ccc(=O)[nH]c2=O)[C@H](O)[C@@H]1O. The number of rotatable bonds is 22. The molecule has 8 rings (SSSR count). The third-order valence-electron chi connectivity index (χ3n) is 12.3. The van der Waals surface area contributed by atoms with Gasteiger partial charge < -0.3 is 79.7 Å². The Kier molecular flexibility index (Phi) is 17.0. The van der Waals surface area contributed by atoms with Crippen LogP contribution in [0.2, 0.25) is 0 Å². The van der Waals surface area contributed by atoms with E-state index in [1.807, 2.05) is 4.98 Å². The molecule has 16 atom stereocenters. The Bertz CT molecular complexity index is 3390. The molecule has 0 saturated carbocycles. The topological polar surface area (TPSA) is 530 Å². The summed E-state index contributed by atoms with van der Waals surface area (Å²) in [5.41, 5.74) is 6.95. The number of nitrogens with one attached hydrogen (secondary N) is 3. The molecule has 4 unspecified atom stereocenters. The van der Waals surface area contributed by atoms with Crippen LogP contribution < -0.4 is 43.1 Å². The number of ether oxygens (including phenoxy) is 4. The van der Waals surface area contributed by atoms with E-state index in [1.165, 1.54) is 22.5 Å². The largest absolute Gasteiger partial charge is 0.778 e. The number of aromatic amines is 2. The maximum absolute atomic E-state index is 14.2. The molecule has 0 aliphatic carbocycles. The van der Waals surface area contributed by atoms with Gasteiger partial charge in [-0.2, -0.15) is 18.2 Å². The van der Waals surface area contributed by atoms with Crippen LogP contribution in [0.3, 0.4) is 0 Å². The number of hydrogen-bond donors (Lipinski definition) is 11. The smallest absolute Gasteiger partial charge is 0.490 e. The van der Waals surface area contributed by atoms with E-state index in [4.69, 9.17) is 44.0 Å². The Labute approximate surface area is 430 Å². The average molecular weight is 1170 g/mol. The summed E-state index contributed by atoms with van der Waals surface area (Å²) < 4.78 is 105. The van der Waals surface area contributed by atoms with Crippen molar-refractivity contribution in [3.05, 3.63) is 62.4 Å². The number of nitrogens with two attached hydrogens (primary N) is 2. The highest BCUT2D eigenvalue weighted by molar-refractivity contribution is 7.66. The molecule has 3 aliphatic heterocycles. The number of carbonyl (C=O) groups excluding carboxylic acids is 1. The number of methoxy groups -OCH3 is 1. The van der Waals surface area contributed by atoms with E-state index in [1.54, 1.807) is 6.92 Å². The van der Waals surface area contributed by atoms with Gasteiger partial charge in [-0.15, -0.1) is 0 Å². The molecule has 3 fully saturated rings. The zero-order valence-corrected chi connectivity index (χ0v) is 43.7. The van der Waals surface area contributed by atoms with Crippen LogP contribution in [0, 0.1) is 5.92 Å². The van der Waals surface area contributed by atoms with E-state index in [0.717, 1.165) is 36.6 Å². The highest BCUT2D eigenvalue weighted by Crippen LogP contribution is 2.68. The molecule has 0 radical (unpaired) electrons. The molecule has 13 N–H and O–H groups in total. The molecule has 5 aromatic heterocycles. The second-order valence-corrected chi connectivity index (χ2v) is 24.0. The third kappa shape index (κ3) is 12.4. The Balaban J connectivity index is 0.967. The first kappa shape index (κ1) is 58.1. The normalized spacial score (nSPS) is 29.8. The van der Waals surface area contributed by atoms with Gasteiger partial charge in [-0.25, -0.2) is 38.0 Å². The molecule has 1 amide bonds. The number of phosphoric acid groups is 3. The lowest BCUT2D eigenvalue weighted by atomic mass is 9.94. The van der Waals surface area contributed by atoms with Gasteiger partial charge in [-0.05, 0) is 6.42 Å². The van der Waals surface area contributed by atoms with E-state index in [-0.39, 0.29) is 40.6 Å². The first-order valence-electron chi connectivity index (χ1n) is 22.6. The summed E-state index contributed by atoms with van der Waals surface area (Å²) in [6.07, 6.45) is -12.5. The van der Waals surface area contributed by atoms with Crippen LogP contribution in [-0.2, 0) is 71.2 Å². The number of carbonyl (C=O) groups is 1. The molecule has 0 aromatic carbocycles. The van der Waals surface area contributed by atoms with Crippen molar-refractivity contribution in [1.82, 2.24) is 48.9 Å². The van der Waals surface area contributed by atoms with Gasteiger partial charge in [0.25, 0.3) is 16.7 Å². The fourth-order valence-corrected chi connectivity index (χ4v) is 14.1. The molecule has 3 saturated heterocycles. The van der Waals surface area contributed by atoms with Crippen LogP contribution in [0.4, 0.5) is 11.8 Å². The number of aliphatic hydroxyl groups is 3. The van der Waals surface area contributed by atoms with Crippen molar-refractivity contribution in [3.8, 4) is 0 Å². The zero-order chi connectivity index (χ0) is 56.1. The number of H-pyrrole nitrogens is 2. The Morgan fingerprint density at radius 2 is 1.47 bits per heavy atom. The number of phosphoric ester groups is 2. The molecule has 8 heterocycles. The van der Waals surface area contributed by atoms with Crippen LogP contribution in [0.25, 0.3) is 22.3 Å². The van der Waals surface area contributed by atoms with Crippen LogP contribution in [0.15, 0.2) is 45.6 Å². The Morgan fingerprint density at radius 3 is 2.13 bits per heavy atom. The van der Waals surface area contributed by atoms with Crippen molar-refractivity contribution in [1.29, 1.82) is 0 Å². The molecule has 37 nitrogen and oxygen atoms in total. The summed E-state index contributed by atoms with van der Waals surface area (Å²) >= 11 is 0.